The summed E-state index contributed by atoms with van der Waals surface area (Å²) in [6.45, 7) is -1.18. The van der Waals surface area contributed by atoms with Crippen LogP contribution in [0.25, 0.3) is 22.2 Å². The Morgan fingerprint density at radius 1 is 1.20 bits per heavy atom. The van der Waals surface area contributed by atoms with Gasteiger partial charge in [-0.2, -0.15) is 18.3 Å². The number of nitrogens with two attached hydrogens (primary N) is 1. The minimum atomic E-state index is -4.87. The number of amides is 1. The first-order valence-corrected chi connectivity index (χ1v) is 12.6. The molecule has 208 valence electrons. The lowest BCUT2D eigenvalue weighted by molar-refractivity contribution is -0.191. The highest BCUT2D eigenvalue weighted by Crippen LogP contribution is 2.52. The minimum Gasteiger partial charge on any atom is -0.488 e. The molecule has 1 aliphatic carbocycles. The van der Waals surface area contributed by atoms with Crippen molar-refractivity contribution in [3.8, 4) is 17.0 Å². The summed E-state index contributed by atoms with van der Waals surface area (Å²) in [7, 11) is 1.76. The molecular formula is C28H25F4N5O3. The third-order valence-electron chi connectivity index (χ3n) is 7.62. The number of halogens is 4. The van der Waals surface area contributed by atoms with Crippen molar-refractivity contribution in [3.63, 3.8) is 0 Å². The predicted octanol–water partition coefficient (Wildman–Crippen LogP) is 3.91. The maximum absolute atomic E-state index is 14.2. The Bertz CT molecular complexity index is 1630. The van der Waals surface area contributed by atoms with E-state index in [9.17, 15) is 27.5 Å². The molecule has 1 unspecified atom stereocenters. The van der Waals surface area contributed by atoms with E-state index in [1.54, 1.807) is 36.1 Å². The van der Waals surface area contributed by atoms with Crippen LogP contribution in [0.5, 0.6) is 5.75 Å². The molecule has 0 bridgehead atoms. The molecule has 1 amide bonds. The number of hydrogen-bond donors (Lipinski definition) is 3. The number of carbonyl (C=O) groups is 1. The molecule has 2 aromatic heterocycles. The van der Waals surface area contributed by atoms with E-state index < -0.39 is 35.6 Å². The van der Waals surface area contributed by atoms with Crippen molar-refractivity contribution in [3.05, 3.63) is 77.4 Å². The molecule has 40 heavy (non-hydrogen) atoms. The normalized spacial score (nSPS) is 20.2. The Morgan fingerprint density at radius 3 is 2.60 bits per heavy atom. The molecule has 6 rings (SSSR count). The van der Waals surface area contributed by atoms with Crippen LogP contribution >= 0.6 is 0 Å². The number of carbonyl (C=O) groups excluding carboxylic acids is 1. The molecule has 2 aliphatic rings. The average Bonchev–Trinajstić information content (AvgIpc) is 3.62. The van der Waals surface area contributed by atoms with E-state index in [4.69, 9.17) is 10.5 Å². The molecule has 0 radical (unpaired) electrons. The number of rotatable bonds is 6. The second-order valence-corrected chi connectivity index (χ2v) is 10.5. The predicted molar refractivity (Wildman–Crippen MR) is 137 cm³/mol. The summed E-state index contributed by atoms with van der Waals surface area (Å²) in [5, 5.41) is 19.7. The minimum absolute atomic E-state index is 0.00324. The molecule has 1 fully saturated rings. The van der Waals surface area contributed by atoms with Gasteiger partial charge in [-0.3, -0.25) is 9.48 Å². The molecule has 12 heteroatoms. The van der Waals surface area contributed by atoms with Gasteiger partial charge in [-0.25, -0.2) is 9.37 Å². The zero-order chi connectivity index (χ0) is 28.4. The zero-order valence-corrected chi connectivity index (χ0v) is 21.3. The molecular weight excluding hydrogens is 530 g/mol. The highest BCUT2D eigenvalue weighted by atomic mass is 19.4. The number of aromatic nitrogens is 3. The van der Waals surface area contributed by atoms with Gasteiger partial charge in [0.2, 0.25) is 0 Å². The summed E-state index contributed by atoms with van der Waals surface area (Å²) in [6, 6.07) is 11.1. The van der Waals surface area contributed by atoms with Crippen molar-refractivity contribution in [2.24, 2.45) is 18.7 Å². The largest absolute Gasteiger partial charge is 0.488 e. The van der Waals surface area contributed by atoms with Crippen LogP contribution in [-0.2, 0) is 18.2 Å². The Labute approximate surface area is 225 Å². The fourth-order valence-electron chi connectivity index (χ4n) is 5.15. The van der Waals surface area contributed by atoms with Gasteiger partial charge >= 0.3 is 6.18 Å². The number of pyridine rings is 1. The van der Waals surface area contributed by atoms with Gasteiger partial charge in [-0.1, -0.05) is 0 Å². The molecule has 1 saturated carbocycles. The van der Waals surface area contributed by atoms with Crippen LogP contribution in [0, 0.1) is 11.7 Å². The van der Waals surface area contributed by atoms with Crippen molar-refractivity contribution in [1.29, 1.82) is 0 Å². The molecule has 1 aliphatic heterocycles. The monoisotopic (exact) mass is 555 g/mol. The van der Waals surface area contributed by atoms with Gasteiger partial charge in [0.15, 0.2) is 11.3 Å². The van der Waals surface area contributed by atoms with Crippen LogP contribution in [0.3, 0.4) is 0 Å². The lowest BCUT2D eigenvalue weighted by Crippen LogP contribution is -2.52. The number of benzene rings is 2. The smallest absolute Gasteiger partial charge is 0.414 e. The molecule has 4 aromatic rings. The van der Waals surface area contributed by atoms with Crippen LogP contribution < -0.4 is 15.8 Å². The maximum atomic E-state index is 14.2. The van der Waals surface area contributed by atoms with Gasteiger partial charge in [0.25, 0.3) is 5.91 Å². The summed E-state index contributed by atoms with van der Waals surface area (Å²) >= 11 is 0. The Hall–Kier alpha value is -4.03. The van der Waals surface area contributed by atoms with Crippen LogP contribution in [0.15, 0.2) is 54.7 Å². The third-order valence-corrected chi connectivity index (χ3v) is 7.62. The highest BCUT2D eigenvalue weighted by Gasteiger charge is 2.59. The number of alkyl halides is 3. The first-order chi connectivity index (χ1) is 18.9. The molecule has 3 heterocycles. The first kappa shape index (κ1) is 26.2. The van der Waals surface area contributed by atoms with E-state index in [1.165, 1.54) is 12.1 Å². The molecule has 0 spiro atoms. The van der Waals surface area contributed by atoms with Gasteiger partial charge in [0.05, 0.1) is 17.8 Å². The topological polar surface area (TPSA) is 115 Å². The van der Waals surface area contributed by atoms with E-state index >= 15 is 0 Å². The number of hydrogen-bond acceptors (Lipinski definition) is 6. The second kappa shape index (κ2) is 9.00. The number of nitrogens with zero attached hydrogens (tertiary/aromatic N) is 3. The summed E-state index contributed by atoms with van der Waals surface area (Å²) in [4.78, 5) is 17.6. The molecule has 0 saturated heterocycles. The maximum Gasteiger partial charge on any atom is 0.414 e. The van der Waals surface area contributed by atoms with Crippen LogP contribution in [-0.4, -0.2) is 45.1 Å². The van der Waals surface area contributed by atoms with E-state index in [2.05, 4.69) is 15.4 Å². The molecule has 4 N–H and O–H groups in total. The van der Waals surface area contributed by atoms with E-state index in [0.717, 1.165) is 23.6 Å². The molecule has 2 aromatic carbocycles. The summed E-state index contributed by atoms with van der Waals surface area (Å²) in [5.41, 5.74) is 2.10. The van der Waals surface area contributed by atoms with Gasteiger partial charge in [-0.15, -0.1) is 0 Å². The van der Waals surface area contributed by atoms with Crippen molar-refractivity contribution in [2.75, 3.05) is 13.2 Å². The summed E-state index contributed by atoms with van der Waals surface area (Å²) < 4.78 is 63.2. The van der Waals surface area contributed by atoms with Gasteiger partial charge in [0.1, 0.15) is 23.7 Å². The van der Waals surface area contributed by atoms with E-state index in [-0.39, 0.29) is 40.7 Å². The Kier molecular flexibility index (Phi) is 5.89. The standard InChI is InChI=1S/C28H25F4N5O3/c1-37-12-17-10-16(4-9-21(17)36-37)25(38)34-13-26(39,18-5-6-18)22-11-20-24(40-14-27(20,33)28(30,31)32)23(35-22)15-2-7-19(29)8-3-15/h2-4,7-12,18,39H,5-6,13-14,33H2,1H3,(H,34,38)/t26?,27-/m0/s1. The number of aryl methyl sites for hydroxylation is 1. The van der Waals surface area contributed by atoms with Crippen LogP contribution in [0.1, 0.15) is 34.5 Å². The Balaban J connectivity index is 1.40. The van der Waals surface area contributed by atoms with Crippen molar-refractivity contribution < 1.29 is 32.2 Å². The first-order valence-electron chi connectivity index (χ1n) is 12.6. The highest BCUT2D eigenvalue weighted by molar-refractivity contribution is 5.97. The van der Waals surface area contributed by atoms with Crippen molar-refractivity contribution >= 4 is 16.8 Å². The van der Waals surface area contributed by atoms with Gasteiger partial charge in [-0.05, 0) is 67.3 Å². The summed E-state index contributed by atoms with van der Waals surface area (Å²) in [6.07, 6.45) is -1.93. The van der Waals surface area contributed by atoms with E-state index in [1.807, 2.05) is 0 Å². The quantitative estimate of drug-likeness (QED) is 0.311. The number of ether oxygens (including phenoxy) is 1. The molecule has 8 nitrogen and oxygen atoms in total. The van der Waals surface area contributed by atoms with Gasteiger partial charge in [0, 0.05) is 35.3 Å². The Morgan fingerprint density at radius 2 is 1.93 bits per heavy atom. The number of aliphatic hydroxyl groups is 1. The van der Waals surface area contributed by atoms with E-state index in [0.29, 0.717) is 23.9 Å². The average molecular weight is 556 g/mol. The SMILES string of the molecule is Cn1cc2cc(C(=O)NCC(O)(c3cc4c(c(-c5ccc(F)cc5)n3)OC[C@@]4(N)C(F)(F)F)C3CC3)ccc2n1. The van der Waals surface area contributed by atoms with Gasteiger partial charge < -0.3 is 20.9 Å². The third kappa shape index (κ3) is 4.27. The lowest BCUT2D eigenvalue weighted by Gasteiger charge is -2.31. The lowest BCUT2D eigenvalue weighted by atomic mass is 9.86. The van der Waals surface area contributed by atoms with Crippen LogP contribution in [0.2, 0.25) is 0 Å². The van der Waals surface area contributed by atoms with Crippen molar-refractivity contribution in [2.45, 2.75) is 30.2 Å². The zero-order valence-electron chi connectivity index (χ0n) is 21.3. The molecule has 2 atom stereocenters. The summed E-state index contributed by atoms with van der Waals surface area (Å²) in [5.74, 6) is -1.55. The van der Waals surface area contributed by atoms with Crippen LogP contribution in [0.4, 0.5) is 17.6 Å². The van der Waals surface area contributed by atoms with Crippen molar-refractivity contribution in [1.82, 2.24) is 20.1 Å². The fraction of sp³-hybridized carbons (Fsp3) is 0.321. The second-order valence-electron chi connectivity index (χ2n) is 10.5. The number of fused-ring (bicyclic) bond motifs is 2. The fourth-order valence-corrected chi connectivity index (χ4v) is 5.15. The number of nitrogens with one attached hydrogen (secondary N) is 1.